The lowest BCUT2D eigenvalue weighted by molar-refractivity contribution is -0.162. The summed E-state index contributed by atoms with van der Waals surface area (Å²) in [5.41, 5.74) is 0. The summed E-state index contributed by atoms with van der Waals surface area (Å²) in [5.74, 6) is 3.31. The Morgan fingerprint density at radius 1 is 1.12 bits per heavy atom. The Balaban J connectivity index is 1.21. The van der Waals surface area contributed by atoms with Crippen LogP contribution in [-0.4, -0.2) is 19.5 Å². The van der Waals surface area contributed by atoms with E-state index in [9.17, 15) is 0 Å². The van der Waals surface area contributed by atoms with E-state index in [1.165, 1.54) is 44.9 Å². The lowest BCUT2D eigenvalue weighted by atomic mass is 10.1. The highest BCUT2D eigenvalue weighted by molar-refractivity contribution is 4.96. The van der Waals surface area contributed by atoms with Gasteiger partial charge in [0.25, 0.3) is 0 Å². The SMILES string of the molecule is C1CCC(OCCCC2CC2C2CC2)OC1. The van der Waals surface area contributed by atoms with Gasteiger partial charge in [-0.2, -0.15) is 0 Å². The largest absolute Gasteiger partial charge is 0.353 e. The molecule has 0 bridgehead atoms. The van der Waals surface area contributed by atoms with Crippen molar-refractivity contribution in [1.82, 2.24) is 0 Å². The van der Waals surface area contributed by atoms with Gasteiger partial charge in [0.05, 0.1) is 0 Å². The quantitative estimate of drug-likeness (QED) is 0.644. The second-order valence-corrected chi connectivity index (χ2v) is 5.81. The molecule has 2 nitrogen and oxygen atoms in total. The van der Waals surface area contributed by atoms with E-state index in [1.807, 2.05) is 0 Å². The average Bonchev–Trinajstić information content (AvgIpc) is 3.16. The van der Waals surface area contributed by atoms with Gasteiger partial charge < -0.3 is 9.47 Å². The maximum absolute atomic E-state index is 5.75. The Morgan fingerprint density at radius 3 is 2.81 bits per heavy atom. The third-order valence-corrected chi connectivity index (χ3v) is 4.37. The first-order valence-electron chi connectivity index (χ1n) is 7.16. The molecule has 3 rings (SSSR count). The van der Waals surface area contributed by atoms with E-state index in [0.717, 1.165) is 37.4 Å². The number of hydrogen-bond donors (Lipinski definition) is 0. The molecule has 0 radical (unpaired) electrons. The van der Waals surface area contributed by atoms with Crippen molar-refractivity contribution in [3.05, 3.63) is 0 Å². The zero-order valence-electron chi connectivity index (χ0n) is 10.2. The van der Waals surface area contributed by atoms with Gasteiger partial charge in [0.1, 0.15) is 0 Å². The molecule has 3 aliphatic rings. The second kappa shape index (κ2) is 5.05. The number of rotatable bonds is 6. The molecule has 0 aromatic carbocycles. The Bertz CT molecular complexity index is 219. The standard InChI is InChI=1S/C14H24O2/c1-2-8-15-14(5-1)16-9-3-4-12-10-13(12)11-6-7-11/h11-14H,1-10H2. The molecule has 0 N–H and O–H groups in total. The molecule has 2 aliphatic carbocycles. The molecule has 92 valence electrons. The first-order valence-corrected chi connectivity index (χ1v) is 7.16. The summed E-state index contributed by atoms with van der Waals surface area (Å²) in [7, 11) is 0. The number of hydrogen-bond acceptors (Lipinski definition) is 2. The van der Waals surface area contributed by atoms with Crippen molar-refractivity contribution in [3.8, 4) is 0 Å². The molecule has 1 heterocycles. The van der Waals surface area contributed by atoms with Crippen molar-refractivity contribution in [1.29, 1.82) is 0 Å². The number of ether oxygens (including phenoxy) is 2. The van der Waals surface area contributed by atoms with Crippen LogP contribution in [0.25, 0.3) is 0 Å². The van der Waals surface area contributed by atoms with Gasteiger partial charge in [0.15, 0.2) is 6.29 Å². The van der Waals surface area contributed by atoms with E-state index >= 15 is 0 Å². The zero-order chi connectivity index (χ0) is 10.8. The monoisotopic (exact) mass is 224 g/mol. The van der Waals surface area contributed by atoms with Crippen LogP contribution in [0, 0.1) is 17.8 Å². The van der Waals surface area contributed by atoms with Crippen LogP contribution in [0.15, 0.2) is 0 Å². The molecule has 3 atom stereocenters. The first-order chi connectivity index (χ1) is 7.93. The Hall–Kier alpha value is -0.0800. The van der Waals surface area contributed by atoms with Crippen LogP contribution in [0.1, 0.15) is 51.4 Å². The van der Waals surface area contributed by atoms with Crippen LogP contribution < -0.4 is 0 Å². The van der Waals surface area contributed by atoms with Gasteiger partial charge in [-0.1, -0.05) is 0 Å². The summed E-state index contributed by atoms with van der Waals surface area (Å²) in [6.45, 7) is 1.82. The molecular weight excluding hydrogens is 200 g/mol. The highest BCUT2D eigenvalue weighted by Gasteiger charge is 2.46. The minimum absolute atomic E-state index is 0.118. The van der Waals surface area contributed by atoms with Crippen LogP contribution >= 0.6 is 0 Å². The van der Waals surface area contributed by atoms with E-state index in [2.05, 4.69) is 0 Å². The predicted octanol–water partition coefficient (Wildman–Crippen LogP) is 3.36. The minimum atomic E-state index is 0.118. The molecule has 16 heavy (non-hydrogen) atoms. The van der Waals surface area contributed by atoms with E-state index < -0.39 is 0 Å². The van der Waals surface area contributed by atoms with Crippen LogP contribution in [0.5, 0.6) is 0 Å². The third kappa shape index (κ3) is 2.98. The Labute approximate surface area is 98.7 Å². The van der Waals surface area contributed by atoms with Crippen LogP contribution in [0.4, 0.5) is 0 Å². The normalized spacial score (nSPS) is 38.6. The van der Waals surface area contributed by atoms with Crippen molar-refractivity contribution in [2.45, 2.75) is 57.7 Å². The maximum atomic E-state index is 5.75. The summed E-state index contributed by atoms with van der Waals surface area (Å²) in [4.78, 5) is 0. The van der Waals surface area contributed by atoms with Gasteiger partial charge >= 0.3 is 0 Å². The lowest BCUT2D eigenvalue weighted by Gasteiger charge is -2.22. The molecular formula is C14H24O2. The predicted molar refractivity (Wildman–Crippen MR) is 63.1 cm³/mol. The van der Waals surface area contributed by atoms with Crippen molar-refractivity contribution in [2.24, 2.45) is 17.8 Å². The van der Waals surface area contributed by atoms with Crippen molar-refractivity contribution >= 4 is 0 Å². The van der Waals surface area contributed by atoms with Gasteiger partial charge in [-0.3, -0.25) is 0 Å². The molecule has 1 saturated heterocycles. The third-order valence-electron chi connectivity index (χ3n) is 4.37. The highest BCUT2D eigenvalue weighted by Crippen LogP contribution is 2.55. The zero-order valence-corrected chi connectivity index (χ0v) is 10.2. The summed E-state index contributed by atoms with van der Waals surface area (Å²) in [5, 5.41) is 0. The smallest absolute Gasteiger partial charge is 0.157 e. The lowest BCUT2D eigenvalue weighted by Crippen LogP contribution is -2.22. The topological polar surface area (TPSA) is 18.5 Å². The average molecular weight is 224 g/mol. The van der Waals surface area contributed by atoms with Crippen LogP contribution in [0.3, 0.4) is 0 Å². The van der Waals surface area contributed by atoms with Gasteiger partial charge in [0.2, 0.25) is 0 Å². The van der Waals surface area contributed by atoms with E-state index in [4.69, 9.17) is 9.47 Å². The van der Waals surface area contributed by atoms with Gasteiger partial charge in [0, 0.05) is 13.2 Å². The first kappa shape index (κ1) is 11.0. The molecule has 1 aliphatic heterocycles. The fourth-order valence-corrected chi connectivity index (χ4v) is 3.11. The highest BCUT2D eigenvalue weighted by atomic mass is 16.7. The molecule has 0 aromatic rings. The Morgan fingerprint density at radius 2 is 2.06 bits per heavy atom. The van der Waals surface area contributed by atoms with E-state index in [0.29, 0.717) is 0 Å². The van der Waals surface area contributed by atoms with Crippen molar-refractivity contribution in [3.63, 3.8) is 0 Å². The van der Waals surface area contributed by atoms with Gasteiger partial charge in [-0.25, -0.2) is 0 Å². The maximum Gasteiger partial charge on any atom is 0.157 e. The molecule has 2 saturated carbocycles. The van der Waals surface area contributed by atoms with Crippen molar-refractivity contribution in [2.75, 3.05) is 13.2 Å². The van der Waals surface area contributed by atoms with E-state index in [-0.39, 0.29) is 6.29 Å². The van der Waals surface area contributed by atoms with E-state index in [1.54, 1.807) is 0 Å². The van der Waals surface area contributed by atoms with Gasteiger partial charge in [-0.05, 0) is 69.1 Å². The second-order valence-electron chi connectivity index (χ2n) is 5.81. The molecule has 3 unspecified atom stereocenters. The van der Waals surface area contributed by atoms with Crippen LogP contribution in [-0.2, 0) is 9.47 Å². The summed E-state index contributed by atoms with van der Waals surface area (Å²) in [6.07, 6.45) is 10.9. The molecule has 0 amide bonds. The molecule has 0 aromatic heterocycles. The fourth-order valence-electron chi connectivity index (χ4n) is 3.11. The molecule has 0 spiro atoms. The van der Waals surface area contributed by atoms with Crippen molar-refractivity contribution < 1.29 is 9.47 Å². The fraction of sp³-hybridized carbons (Fsp3) is 1.00. The molecule has 2 heteroatoms. The summed E-state index contributed by atoms with van der Waals surface area (Å²) in [6, 6.07) is 0. The molecule has 3 fully saturated rings. The Kier molecular flexibility index (Phi) is 3.49. The minimum Gasteiger partial charge on any atom is -0.353 e. The van der Waals surface area contributed by atoms with Crippen LogP contribution in [0.2, 0.25) is 0 Å². The summed E-state index contributed by atoms with van der Waals surface area (Å²) < 4.78 is 11.3. The summed E-state index contributed by atoms with van der Waals surface area (Å²) >= 11 is 0. The van der Waals surface area contributed by atoms with Gasteiger partial charge in [-0.15, -0.1) is 0 Å².